The largest absolute Gasteiger partial charge is 0.483 e. The van der Waals surface area contributed by atoms with Crippen LogP contribution in [0.15, 0.2) is 78.6 Å². The number of hydrogen-bond acceptors (Lipinski definition) is 7. The lowest BCUT2D eigenvalue weighted by molar-refractivity contribution is -0.137. The second-order valence-corrected chi connectivity index (χ2v) is 12.1. The third kappa shape index (κ3) is 46.1. The molecule has 0 aliphatic carbocycles. The highest BCUT2D eigenvalue weighted by Gasteiger charge is 2.04. The Morgan fingerprint density at radius 2 is 1.46 bits per heavy atom. The number of thiazole rings is 1. The molecular formula is C45H78FN3O6S. The fourth-order valence-electron chi connectivity index (χ4n) is 4.29. The molecular weight excluding hydrogens is 730 g/mol. The molecule has 1 aromatic carbocycles. The first-order valence-corrected chi connectivity index (χ1v) is 21.1. The van der Waals surface area contributed by atoms with Crippen molar-refractivity contribution in [1.29, 1.82) is 0 Å². The minimum Gasteiger partial charge on any atom is -0.483 e. The number of carboxylic acids is 1. The van der Waals surface area contributed by atoms with Crippen LogP contribution in [0, 0.1) is 0 Å². The molecule has 0 spiro atoms. The summed E-state index contributed by atoms with van der Waals surface area (Å²) in [6.07, 6.45) is 29.6. The van der Waals surface area contributed by atoms with E-state index in [4.69, 9.17) is 20.9 Å². The van der Waals surface area contributed by atoms with Gasteiger partial charge in [0.05, 0.1) is 0 Å². The summed E-state index contributed by atoms with van der Waals surface area (Å²) in [5, 5.41) is 18.7. The van der Waals surface area contributed by atoms with E-state index < -0.39 is 5.97 Å². The molecule has 0 saturated carbocycles. The molecule has 0 fully saturated rings. The van der Waals surface area contributed by atoms with Gasteiger partial charge in [-0.1, -0.05) is 146 Å². The van der Waals surface area contributed by atoms with Crippen LogP contribution in [0.4, 0.5) is 4.39 Å². The number of hydrogen-bond donors (Lipinski definition) is 4. The maximum absolute atomic E-state index is 10.9. The Balaban J connectivity index is -0.000000234. The predicted molar refractivity (Wildman–Crippen MR) is 238 cm³/mol. The number of allylic oxidation sites excluding steroid dienone is 7. The lowest BCUT2D eigenvalue weighted by atomic mass is 10.0. The van der Waals surface area contributed by atoms with Crippen molar-refractivity contribution in [2.75, 3.05) is 6.67 Å². The number of amides is 1. The zero-order valence-electron chi connectivity index (χ0n) is 36.4. The van der Waals surface area contributed by atoms with Crippen molar-refractivity contribution in [1.82, 2.24) is 10.3 Å². The Kier molecular flexibility index (Phi) is 57.9. The molecule has 1 aromatic heterocycles. The monoisotopic (exact) mass is 808 g/mol. The number of nitrogens with one attached hydrogen (secondary N) is 1. The SMILES string of the molecule is C/C=C\CF.CC.CC.CC.CC/C=C(\C=C/C(C)NC=O)CCc1cnc(ON)s1.CC/C=C/CCCCCc1ccc(CCCCC(=O)O)cc1.O=CO. The van der Waals surface area contributed by atoms with Gasteiger partial charge in [0.25, 0.3) is 11.7 Å². The van der Waals surface area contributed by atoms with E-state index >= 15 is 0 Å². The third-order valence-electron chi connectivity index (χ3n) is 6.88. The predicted octanol–water partition coefficient (Wildman–Crippen LogP) is 12.2. The van der Waals surface area contributed by atoms with Gasteiger partial charge in [-0.2, -0.15) is 5.90 Å². The number of carbonyl (C=O) groups excluding carboxylic acids is 1. The molecule has 0 radical (unpaired) electrons. The summed E-state index contributed by atoms with van der Waals surface area (Å²) in [6.45, 7) is 19.4. The smallest absolute Gasteiger partial charge is 0.303 e. The van der Waals surface area contributed by atoms with Crippen molar-refractivity contribution in [2.45, 2.75) is 159 Å². The van der Waals surface area contributed by atoms with E-state index in [1.165, 1.54) is 59.8 Å². The number of benzene rings is 1. The highest BCUT2D eigenvalue weighted by molar-refractivity contribution is 7.13. The highest BCUT2D eigenvalue weighted by atomic mass is 32.1. The van der Waals surface area contributed by atoms with Gasteiger partial charge in [-0.15, -0.1) is 0 Å². The van der Waals surface area contributed by atoms with Crippen molar-refractivity contribution < 1.29 is 33.8 Å². The molecule has 56 heavy (non-hydrogen) atoms. The number of halogens is 1. The number of carboxylic acid groups (broad SMARTS) is 2. The number of aryl methyl sites for hydroxylation is 3. The van der Waals surface area contributed by atoms with E-state index in [2.05, 4.69) is 77.6 Å². The van der Waals surface area contributed by atoms with E-state index in [0.29, 0.717) is 11.6 Å². The van der Waals surface area contributed by atoms with Crippen LogP contribution in [0.5, 0.6) is 5.19 Å². The Morgan fingerprint density at radius 1 is 0.893 bits per heavy atom. The Labute approximate surface area is 344 Å². The molecule has 1 unspecified atom stereocenters. The van der Waals surface area contributed by atoms with Crippen LogP contribution in [0.25, 0.3) is 0 Å². The number of aliphatic carboxylic acids is 1. The van der Waals surface area contributed by atoms with Crippen LogP contribution in [-0.4, -0.2) is 46.8 Å². The van der Waals surface area contributed by atoms with Crippen LogP contribution < -0.4 is 16.1 Å². The molecule has 9 nitrogen and oxygen atoms in total. The molecule has 1 amide bonds. The second kappa shape index (κ2) is 53.0. The molecule has 0 aliphatic rings. The highest BCUT2D eigenvalue weighted by Crippen LogP contribution is 2.22. The van der Waals surface area contributed by atoms with Crippen molar-refractivity contribution in [3.05, 3.63) is 94.6 Å². The summed E-state index contributed by atoms with van der Waals surface area (Å²) in [5.41, 5.74) is 3.98. The van der Waals surface area contributed by atoms with Gasteiger partial charge in [0.15, 0.2) is 0 Å². The topological polar surface area (TPSA) is 152 Å². The van der Waals surface area contributed by atoms with Gasteiger partial charge in [-0.3, -0.25) is 14.4 Å². The number of unbranched alkanes of at least 4 members (excludes halogenated alkanes) is 4. The zero-order chi connectivity index (χ0) is 43.7. The summed E-state index contributed by atoms with van der Waals surface area (Å²) >= 11 is 1.46. The number of nitrogens with two attached hydrogens (primary N) is 1. The average Bonchev–Trinajstić information content (AvgIpc) is 3.69. The van der Waals surface area contributed by atoms with Gasteiger partial charge in [0.2, 0.25) is 6.41 Å². The van der Waals surface area contributed by atoms with E-state index in [9.17, 15) is 14.0 Å². The molecule has 5 N–H and O–H groups in total. The number of aromatic nitrogens is 1. The summed E-state index contributed by atoms with van der Waals surface area (Å²) in [7, 11) is 0. The van der Waals surface area contributed by atoms with Crippen molar-refractivity contribution in [3.63, 3.8) is 0 Å². The maximum atomic E-state index is 10.9. The van der Waals surface area contributed by atoms with Gasteiger partial charge < -0.3 is 20.4 Å². The van der Waals surface area contributed by atoms with Gasteiger partial charge >= 0.3 is 5.97 Å². The minimum atomic E-state index is -0.694. The Hall–Kier alpha value is -4.09. The van der Waals surface area contributed by atoms with Gasteiger partial charge in [0.1, 0.15) is 6.67 Å². The fraction of sp³-hybridized carbons (Fsp3) is 0.556. The lowest BCUT2D eigenvalue weighted by Gasteiger charge is -2.05. The quantitative estimate of drug-likeness (QED) is 0.0302. The Morgan fingerprint density at radius 3 is 1.89 bits per heavy atom. The van der Waals surface area contributed by atoms with Crippen molar-refractivity contribution in [2.24, 2.45) is 5.90 Å². The average molecular weight is 808 g/mol. The molecule has 1 atom stereocenters. The summed E-state index contributed by atoms with van der Waals surface area (Å²) < 4.78 is 10.9. The number of nitrogens with zero attached hydrogens (tertiary/aromatic N) is 1. The van der Waals surface area contributed by atoms with E-state index in [0.717, 1.165) is 56.2 Å². The molecule has 2 aromatic rings. The number of rotatable bonds is 22. The maximum Gasteiger partial charge on any atom is 0.303 e. The molecule has 11 heteroatoms. The van der Waals surface area contributed by atoms with E-state index in [1.807, 2.05) is 54.5 Å². The van der Waals surface area contributed by atoms with E-state index in [-0.39, 0.29) is 25.6 Å². The van der Waals surface area contributed by atoms with Crippen LogP contribution in [0.3, 0.4) is 0 Å². The molecule has 0 aliphatic heterocycles. The fourth-order valence-corrected chi connectivity index (χ4v) is 4.98. The summed E-state index contributed by atoms with van der Waals surface area (Å²) in [4.78, 5) is 38.9. The second-order valence-electron chi connectivity index (χ2n) is 11.1. The summed E-state index contributed by atoms with van der Waals surface area (Å²) in [5.74, 6) is 4.37. The lowest BCUT2D eigenvalue weighted by Crippen LogP contribution is -2.21. The first-order chi connectivity index (χ1) is 27.2. The number of alkyl halides is 1. The molecule has 1 heterocycles. The van der Waals surface area contributed by atoms with Crippen molar-refractivity contribution in [3.8, 4) is 5.19 Å². The van der Waals surface area contributed by atoms with Gasteiger partial charge in [-0.05, 0) is 95.6 Å². The third-order valence-corrected chi connectivity index (χ3v) is 7.83. The van der Waals surface area contributed by atoms with Crippen molar-refractivity contribution >= 4 is 30.2 Å². The van der Waals surface area contributed by atoms with Gasteiger partial charge in [0, 0.05) is 23.5 Å². The normalized spacial score (nSPS) is 10.6. The minimum absolute atomic E-state index is 0.0356. The van der Waals surface area contributed by atoms with Gasteiger partial charge in [-0.25, -0.2) is 9.37 Å². The molecule has 0 bridgehead atoms. The number of carbonyl (C=O) groups is 3. The molecule has 2 rings (SSSR count). The van der Waals surface area contributed by atoms with Crippen LogP contribution in [-0.2, 0) is 33.6 Å². The standard InChI is InChI=1S/C20H30O2.C14H21N3O2S.C4H7F.3C2H6.CH2O2/c1-2-3-4-5-6-7-8-11-18-14-16-19(17-15-18)12-9-10-13-20(21)22;1-3-4-12(6-5-11(2)17-10-18)7-8-13-9-16-14(19-15)20-13;1-2-3-4-5;3*1-2;2-1-3/h3-4,14-17H,2,5-13H2,1H3,(H,21,22);4-6,9-11H,3,7-8,15H2,1-2H3,(H,17,18);2-3H,4H2,1H3;3*1-2H3;1H,(H,2,3)/b4-3+;6-5-,12-4+;3-2-;;;;. The van der Waals surface area contributed by atoms with Crippen LogP contribution >= 0.6 is 11.3 Å². The van der Waals surface area contributed by atoms with E-state index in [1.54, 1.807) is 19.2 Å². The molecule has 0 saturated heterocycles. The van der Waals surface area contributed by atoms with Crippen LogP contribution in [0.2, 0.25) is 0 Å². The van der Waals surface area contributed by atoms with Crippen LogP contribution in [0.1, 0.15) is 149 Å². The first kappa shape index (κ1) is 61.1. The summed E-state index contributed by atoms with van der Waals surface area (Å²) in [6, 6.07) is 8.88. The first-order valence-electron chi connectivity index (χ1n) is 20.3. The zero-order valence-corrected chi connectivity index (χ0v) is 37.2. The Bertz CT molecular complexity index is 1230. The molecule has 322 valence electrons.